The van der Waals surface area contributed by atoms with Gasteiger partial charge in [-0.2, -0.15) is 13.2 Å². The van der Waals surface area contributed by atoms with Crippen LogP contribution in [0.5, 0.6) is 11.5 Å². The highest BCUT2D eigenvalue weighted by Crippen LogP contribution is 2.67. The fourth-order valence-electron chi connectivity index (χ4n) is 8.31. The Morgan fingerprint density at radius 3 is 2.67 bits per heavy atom. The maximum Gasteiger partial charge on any atom is 0.416 e. The van der Waals surface area contributed by atoms with Crippen LogP contribution in [0, 0.1) is 0 Å². The molecule has 0 radical (unpaired) electrons. The summed E-state index contributed by atoms with van der Waals surface area (Å²) in [6.07, 6.45) is 1.23. The first kappa shape index (κ1) is 26.2. The molecule has 2 unspecified atom stereocenters. The zero-order valence-electron chi connectivity index (χ0n) is 22.6. The van der Waals surface area contributed by atoms with Gasteiger partial charge in [0.15, 0.2) is 11.5 Å². The van der Waals surface area contributed by atoms with Crippen LogP contribution in [0.2, 0.25) is 0 Å². The molecule has 2 heterocycles. The van der Waals surface area contributed by atoms with Crippen LogP contribution < -0.4 is 4.74 Å². The SMILES string of the molecule is CN(C(=O)/C=C/c1cccc(C(F)(F)F)c1)C1CC[C@@]2(N(C)C)[C@H]3Cc4ccc(O)c5c4[C@@]2(CCN3C)C1O5. The zero-order valence-corrected chi connectivity index (χ0v) is 22.6. The summed E-state index contributed by atoms with van der Waals surface area (Å²) in [5, 5.41) is 10.9. The number of nitrogens with zero attached hydrogens (tertiary/aromatic N) is 3. The smallest absolute Gasteiger partial charge is 0.416 e. The van der Waals surface area contributed by atoms with Gasteiger partial charge in [0, 0.05) is 30.3 Å². The third-order valence-corrected chi connectivity index (χ3v) is 9.97. The number of benzene rings is 2. The minimum atomic E-state index is -4.45. The molecule has 5 atom stereocenters. The van der Waals surface area contributed by atoms with E-state index >= 15 is 0 Å². The number of alkyl halides is 3. The van der Waals surface area contributed by atoms with Crippen molar-refractivity contribution in [2.45, 2.75) is 61.0 Å². The van der Waals surface area contributed by atoms with Crippen molar-refractivity contribution in [3.63, 3.8) is 0 Å². The van der Waals surface area contributed by atoms with Crippen LogP contribution in [-0.2, 0) is 22.8 Å². The molecule has 208 valence electrons. The van der Waals surface area contributed by atoms with E-state index in [4.69, 9.17) is 4.74 Å². The van der Waals surface area contributed by atoms with Gasteiger partial charge in [-0.25, -0.2) is 0 Å². The fraction of sp³-hybridized carbons (Fsp3) is 0.500. The Hall–Kier alpha value is -3.04. The molecule has 1 spiro atoms. The molecule has 1 N–H and O–H groups in total. The van der Waals surface area contributed by atoms with Crippen LogP contribution in [0.3, 0.4) is 0 Å². The number of likely N-dealkylation sites (N-methyl/N-ethyl adjacent to an activating group) is 3. The summed E-state index contributed by atoms with van der Waals surface area (Å²) in [6, 6.07) is 8.66. The number of amides is 1. The number of halogens is 3. The van der Waals surface area contributed by atoms with Gasteiger partial charge >= 0.3 is 6.18 Å². The highest BCUT2D eigenvalue weighted by Gasteiger charge is 2.74. The Kier molecular flexibility index (Phi) is 5.86. The number of aromatic hydroxyl groups is 1. The molecule has 6 rings (SSSR count). The summed E-state index contributed by atoms with van der Waals surface area (Å²) in [6.45, 7) is 0.883. The van der Waals surface area contributed by atoms with E-state index in [1.54, 1.807) is 24.1 Å². The highest BCUT2D eigenvalue weighted by atomic mass is 19.4. The van der Waals surface area contributed by atoms with Crippen molar-refractivity contribution in [3.05, 3.63) is 64.7 Å². The summed E-state index contributed by atoms with van der Waals surface area (Å²) >= 11 is 0. The molecule has 2 fully saturated rings. The Morgan fingerprint density at radius 1 is 1.18 bits per heavy atom. The molecular formula is C30H34F3N3O3. The van der Waals surface area contributed by atoms with E-state index in [1.165, 1.54) is 23.8 Å². The van der Waals surface area contributed by atoms with Gasteiger partial charge in [0.25, 0.3) is 0 Å². The monoisotopic (exact) mass is 541 g/mol. The van der Waals surface area contributed by atoms with E-state index in [0.717, 1.165) is 43.5 Å². The van der Waals surface area contributed by atoms with Crippen molar-refractivity contribution in [1.29, 1.82) is 0 Å². The third kappa shape index (κ3) is 3.51. The Bertz CT molecular complexity index is 1360. The predicted octanol–water partition coefficient (Wildman–Crippen LogP) is 4.30. The molecule has 39 heavy (non-hydrogen) atoms. The first-order valence-electron chi connectivity index (χ1n) is 13.4. The Balaban J connectivity index is 1.37. The number of rotatable bonds is 4. The second-order valence-corrected chi connectivity index (χ2v) is 11.7. The van der Waals surface area contributed by atoms with Gasteiger partial charge in [-0.15, -0.1) is 0 Å². The summed E-state index contributed by atoms with van der Waals surface area (Å²) < 4.78 is 46.1. The van der Waals surface area contributed by atoms with Crippen LogP contribution in [0.15, 0.2) is 42.5 Å². The minimum Gasteiger partial charge on any atom is -0.504 e. The number of ether oxygens (including phenoxy) is 1. The molecule has 2 bridgehead atoms. The van der Waals surface area contributed by atoms with Crippen molar-refractivity contribution >= 4 is 12.0 Å². The van der Waals surface area contributed by atoms with Crippen molar-refractivity contribution in [2.75, 3.05) is 34.7 Å². The van der Waals surface area contributed by atoms with E-state index in [9.17, 15) is 23.1 Å². The molecule has 1 saturated heterocycles. The summed E-state index contributed by atoms with van der Waals surface area (Å²) in [4.78, 5) is 19.9. The molecule has 9 heteroatoms. The second kappa shape index (κ2) is 8.73. The molecule has 1 saturated carbocycles. The second-order valence-electron chi connectivity index (χ2n) is 11.7. The zero-order chi connectivity index (χ0) is 27.9. The Morgan fingerprint density at radius 2 is 1.95 bits per heavy atom. The van der Waals surface area contributed by atoms with Gasteiger partial charge < -0.3 is 24.5 Å². The first-order valence-corrected chi connectivity index (χ1v) is 13.4. The quantitative estimate of drug-likeness (QED) is 0.585. The standard InChI is InChI=1S/C30H34F3N3O3/c1-34(2)29-13-12-21(36(4)24(38)11-8-18-6-5-7-20(16-18)30(31,32)33)27-28(29)14-15-35(3)23(29)17-19-9-10-22(37)26(39-27)25(19)28/h5-11,16,21,23,27,37H,12-15,17H2,1-4H3/b11-8+/t21?,23-,27?,28+,29-/m1/s1. The predicted molar refractivity (Wildman–Crippen MR) is 142 cm³/mol. The number of hydrogen-bond donors (Lipinski definition) is 1. The van der Waals surface area contributed by atoms with Crippen LogP contribution in [0.4, 0.5) is 13.2 Å². The number of hydrogen-bond acceptors (Lipinski definition) is 5. The topological polar surface area (TPSA) is 56.2 Å². The Labute approximate surface area is 226 Å². The van der Waals surface area contributed by atoms with E-state index < -0.39 is 17.2 Å². The lowest BCUT2D eigenvalue weighted by Crippen LogP contribution is -2.81. The normalized spacial score (nSPS) is 31.3. The average Bonchev–Trinajstić information content (AvgIpc) is 3.25. The number of carbonyl (C=O) groups excluding carboxylic acids is 1. The maximum absolute atomic E-state index is 13.4. The lowest BCUT2D eigenvalue weighted by Gasteiger charge is -2.68. The molecule has 0 aromatic heterocycles. The molecule has 1 amide bonds. The van der Waals surface area contributed by atoms with Crippen molar-refractivity contribution in [2.24, 2.45) is 0 Å². The maximum atomic E-state index is 13.4. The van der Waals surface area contributed by atoms with Gasteiger partial charge in [-0.05, 0) is 88.8 Å². The van der Waals surface area contributed by atoms with E-state index in [1.807, 2.05) is 6.07 Å². The summed E-state index contributed by atoms with van der Waals surface area (Å²) in [7, 11) is 8.18. The van der Waals surface area contributed by atoms with Crippen molar-refractivity contribution in [3.8, 4) is 11.5 Å². The first-order chi connectivity index (χ1) is 18.4. The molecule has 2 aromatic rings. The van der Waals surface area contributed by atoms with E-state index in [2.05, 4.69) is 30.9 Å². The van der Waals surface area contributed by atoms with Gasteiger partial charge in [0.05, 0.1) is 17.0 Å². The van der Waals surface area contributed by atoms with Gasteiger partial charge in [-0.3, -0.25) is 4.79 Å². The van der Waals surface area contributed by atoms with Crippen molar-refractivity contribution < 1.29 is 27.8 Å². The lowest BCUT2D eigenvalue weighted by atomic mass is 9.46. The highest BCUT2D eigenvalue weighted by molar-refractivity contribution is 5.92. The number of piperidine rings is 1. The van der Waals surface area contributed by atoms with Crippen LogP contribution in [0.25, 0.3) is 6.08 Å². The molecule has 4 aliphatic rings. The summed E-state index contributed by atoms with van der Waals surface area (Å²) in [5.74, 6) is 0.370. The molecule has 2 aliphatic carbocycles. The van der Waals surface area contributed by atoms with Crippen LogP contribution in [-0.4, -0.2) is 84.2 Å². The minimum absolute atomic E-state index is 0.125. The number of carbonyl (C=O) groups is 1. The van der Waals surface area contributed by atoms with E-state index in [0.29, 0.717) is 17.7 Å². The number of phenolic OH excluding ortho intramolecular Hbond substituents is 1. The molecule has 2 aliphatic heterocycles. The third-order valence-electron chi connectivity index (χ3n) is 9.97. The van der Waals surface area contributed by atoms with E-state index in [-0.39, 0.29) is 35.4 Å². The van der Waals surface area contributed by atoms with Gasteiger partial charge in [0.2, 0.25) is 5.91 Å². The number of likely N-dealkylation sites (tertiary alicyclic amines) is 1. The van der Waals surface area contributed by atoms with Crippen LogP contribution >= 0.6 is 0 Å². The van der Waals surface area contributed by atoms with Crippen molar-refractivity contribution in [1.82, 2.24) is 14.7 Å². The molecular weight excluding hydrogens is 507 g/mol. The molecule has 2 aromatic carbocycles. The average molecular weight is 542 g/mol. The molecule has 6 nitrogen and oxygen atoms in total. The van der Waals surface area contributed by atoms with Gasteiger partial charge in [-0.1, -0.05) is 18.2 Å². The summed E-state index contributed by atoms with van der Waals surface area (Å²) in [5.41, 5.74) is 1.21. The largest absolute Gasteiger partial charge is 0.504 e. The number of phenols is 1. The fourth-order valence-corrected chi connectivity index (χ4v) is 8.31. The lowest BCUT2D eigenvalue weighted by molar-refractivity contribution is -0.157. The van der Waals surface area contributed by atoms with Gasteiger partial charge in [0.1, 0.15) is 6.10 Å². The van der Waals surface area contributed by atoms with Crippen LogP contribution in [0.1, 0.15) is 41.5 Å².